The number of aryl methyl sites for hydroxylation is 1. The van der Waals surface area contributed by atoms with Crippen LogP contribution in [0.3, 0.4) is 0 Å². The van der Waals surface area contributed by atoms with Gasteiger partial charge in [-0.2, -0.15) is 0 Å². The van der Waals surface area contributed by atoms with Crippen molar-refractivity contribution in [2.24, 2.45) is 0 Å². The highest BCUT2D eigenvalue weighted by Gasteiger charge is 2.11. The Labute approximate surface area is 95.4 Å². The van der Waals surface area contributed by atoms with Crippen molar-refractivity contribution in [3.05, 3.63) is 34.9 Å². The molecule has 0 aliphatic carbocycles. The number of ketones is 1. The van der Waals surface area contributed by atoms with Crippen molar-refractivity contribution >= 4 is 11.8 Å². The van der Waals surface area contributed by atoms with E-state index in [1.165, 1.54) is 7.11 Å². The molecule has 0 heterocycles. The number of esters is 1. The van der Waals surface area contributed by atoms with Crippen molar-refractivity contribution in [3.8, 4) is 0 Å². The fraction of sp³-hybridized carbons (Fsp3) is 0.385. The second-order valence-corrected chi connectivity index (χ2v) is 3.84. The highest BCUT2D eigenvalue weighted by atomic mass is 16.5. The Morgan fingerprint density at radius 1 is 1.25 bits per heavy atom. The fourth-order valence-electron chi connectivity index (χ4n) is 1.67. The zero-order valence-electron chi connectivity index (χ0n) is 9.87. The lowest BCUT2D eigenvalue weighted by Crippen LogP contribution is -2.10. The van der Waals surface area contributed by atoms with Gasteiger partial charge in [-0.15, -0.1) is 0 Å². The van der Waals surface area contributed by atoms with E-state index in [0.717, 1.165) is 16.7 Å². The molecule has 0 aromatic heterocycles. The maximum Gasteiger partial charge on any atom is 0.309 e. The van der Waals surface area contributed by atoms with Gasteiger partial charge in [-0.05, 0) is 30.5 Å². The lowest BCUT2D eigenvalue weighted by molar-refractivity contribution is -0.139. The maximum atomic E-state index is 11.3. The second kappa shape index (κ2) is 5.45. The van der Waals surface area contributed by atoms with Crippen LogP contribution in [0.2, 0.25) is 0 Å². The molecule has 0 radical (unpaired) electrons. The fourth-order valence-corrected chi connectivity index (χ4v) is 1.67. The third-order valence-electron chi connectivity index (χ3n) is 2.50. The van der Waals surface area contributed by atoms with Crippen LogP contribution in [-0.4, -0.2) is 18.9 Å². The lowest BCUT2D eigenvalue weighted by Gasteiger charge is -2.10. The van der Waals surface area contributed by atoms with Crippen LogP contribution in [0.1, 0.15) is 23.6 Å². The predicted octanol–water partition coefficient (Wildman–Crippen LogP) is 1.84. The molecular formula is C13H16O3. The maximum absolute atomic E-state index is 11.3. The Morgan fingerprint density at radius 3 is 2.50 bits per heavy atom. The van der Waals surface area contributed by atoms with Gasteiger partial charge >= 0.3 is 5.97 Å². The second-order valence-electron chi connectivity index (χ2n) is 3.84. The van der Waals surface area contributed by atoms with E-state index in [9.17, 15) is 9.59 Å². The molecule has 1 rings (SSSR count). The highest BCUT2D eigenvalue weighted by molar-refractivity contribution is 5.80. The number of benzene rings is 1. The number of ether oxygens (including phenoxy) is 1. The molecule has 86 valence electrons. The molecule has 0 amide bonds. The van der Waals surface area contributed by atoms with Gasteiger partial charge in [0.25, 0.3) is 0 Å². The minimum Gasteiger partial charge on any atom is -0.469 e. The summed E-state index contributed by atoms with van der Waals surface area (Å²) in [4.78, 5) is 22.4. The van der Waals surface area contributed by atoms with Gasteiger partial charge in [0, 0.05) is 6.42 Å². The summed E-state index contributed by atoms with van der Waals surface area (Å²) in [6, 6.07) is 5.71. The summed E-state index contributed by atoms with van der Waals surface area (Å²) < 4.78 is 4.65. The lowest BCUT2D eigenvalue weighted by atomic mass is 9.96. The Hall–Kier alpha value is -1.64. The minimum absolute atomic E-state index is 0.0942. The Bertz CT molecular complexity index is 408. The van der Waals surface area contributed by atoms with Gasteiger partial charge in [0.05, 0.1) is 13.5 Å². The van der Waals surface area contributed by atoms with Crippen molar-refractivity contribution < 1.29 is 14.3 Å². The molecule has 0 N–H and O–H groups in total. The number of hydrogen-bond acceptors (Lipinski definition) is 3. The van der Waals surface area contributed by atoms with Crippen molar-refractivity contribution in [2.75, 3.05) is 7.11 Å². The normalized spacial score (nSPS) is 9.94. The molecule has 3 heteroatoms. The van der Waals surface area contributed by atoms with Crippen LogP contribution in [-0.2, 0) is 27.2 Å². The number of hydrogen-bond donors (Lipinski definition) is 0. The molecule has 0 aliphatic heterocycles. The summed E-state index contributed by atoms with van der Waals surface area (Å²) in [5.41, 5.74) is 2.84. The average molecular weight is 220 g/mol. The zero-order valence-corrected chi connectivity index (χ0v) is 9.87. The molecule has 1 aromatic rings. The van der Waals surface area contributed by atoms with E-state index in [-0.39, 0.29) is 18.2 Å². The van der Waals surface area contributed by atoms with Crippen LogP contribution in [0.4, 0.5) is 0 Å². The summed E-state index contributed by atoms with van der Waals surface area (Å²) in [5, 5.41) is 0. The largest absolute Gasteiger partial charge is 0.469 e. The van der Waals surface area contributed by atoms with Crippen LogP contribution in [0.25, 0.3) is 0 Å². The third-order valence-corrected chi connectivity index (χ3v) is 2.50. The Morgan fingerprint density at radius 2 is 1.94 bits per heavy atom. The summed E-state index contributed by atoms with van der Waals surface area (Å²) in [5.74, 6) is -0.184. The quantitative estimate of drug-likeness (QED) is 0.727. The van der Waals surface area contributed by atoms with E-state index in [2.05, 4.69) is 4.74 Å². The van der Waals surface area contributed by atoms with Crippen LogP contribution < -0.4 is 0 Å². The van der Waals surface area contributed by atoms with E-state index in [4.69, 9.17) is 0 Å². The van der Waals surface area contributed by atoms with Crippen LogP contribution >= 0.6 is 0 Å². The van der Waals surface area contributed by atoms with Gasteiger partial charge in [0.15, 0.2) is 0 Å². The summed E-state index contributed by atoms with van der Waals surface area (Å²) in [7, 11) is 1.37. The van der Waals surface area contributed by atoms with Gasteiger partial charge < -0.3 is 4.74 Å². The van der Waals surface area contributed by atoms with E-state index in [1.807, 2.05) is 25.1 Å². The zero-order chi connectivity index (χ0) is 12.1. The molecule has 0 aliphatic rings. The SMILES string of the molecule is COC(=O)Cc1c(C)cccc1CC(C)=O. The van der Waals surface area contributed by atoms with E-state index < -0.39 is 0 Å². The Kier molecular flexibility index (Phi) is 4.23. The molecule has 0 bridgehead atoms. The first kappa shape index (κ1) is 12.4. The molecule has 0 unspecified atom stereocenters. The van der Waals surface area contributed by atoms with Crippen molar-refractivity contribution in [1.29, 1.82) is 0 Å². The summed E-state index contributed by atoms with van der Waals surface area (Å²) in [6.07, 6.45) is 0.597. The van der Waals surface area contributed by atoms with Gasteiger partial charge in [-0.25, -0.2) is 0 Å². The number of Topliss-reactive ketones (excluding diaryl/α,β-unsaturated/α-hetero) is 1. The minimum atomic E-state index is -0.279. The van der Waals surface area contributed by atoms with Gasteiger partial charge in [0.1, 0.15) is 5.78 Å². The van der Waals surface area contributed by atoms with Crippen molar-refractivity contribution in [2.45, 2.75) is 26.7 Å². The van der Waals surface area contributed by atoms with E-state index >= 15 is 0 Å². The topological polar surface area (TPSA) is 43.4 Å². The molecule has 0 saturated heterocycles. The summed E-state index contributed by atoms with van der Waals surface area (Å²) in [6.45, 7) is 3.48. The molecule has 0 fully saturated rings. The van der Waals surface area contributed by atoms with E-state index in [1.54, 1.807) is 6.92 Å². The average Bonchev–Trinajstić information content (AvgIpc) is 2.22. The van der Waals surface area contributed by atoms with Crippen LogP contribution in [0, 0.1) is 6.92 Å². The van der Waals surface area contributed by atoms with Gasteiger partial charge in [-0.1, -0.05) is 18.2 Å². The highest BCUT2D eigenvalue weighted by Crippen LogP contribution is 2.16. The Balaban J connectivity index is 3.03. The summed E-state index contributed by atoms with van der Waals surface area (Å²) >= 11 is 0. The van der Waals surface area contributed by atoms with Crippen LogP contribution in [0.5, 0.6) is 0 Å². The number of carbonyl (C=O) groups excluding carboxylic acids is 2. The molecule has 0 spiro atoms. The molecular weight excluding hydrogens is 204 g/mol. The first-order chi connectivity index (χ1) is 7.54. The van der Waals surface area contributed by atoms with E-state index in [0.29, 0.717) is 6.42 Å². The predicted molar refractivity (Wildman–Crippen MR) is 61.3 cm³/mol. The molecule has 0 atom stereocenters. The van der Waals surface area contributed by atoms with Crippen molar-refractivity contribution in [3.63, 3.8) is 0 Å². The number of carbonyl (C=O) groups is 2. The smallest absolute Gasteiger partial charge is 0.309 e. The first-order valence-corrected chi connectivity index (χ1v) is 5.18. The van der Waals surface area contributed by atoms with Gasteiger partial charge in [-0.3, -0.25) is 9.59 Å². The van der Waals surface area contributed by atoms with Crippen molar-refractivity contribution in [1.82, 2.24) is 0 Å². The molecule has 3 nitrogen and oxygen atoms in total. The standard InChI is InChI=1S/C13H16O3/c1-9-5-4-6-11(7-10(2)14)12(9)8-13(15)16-3/h4-6H,7-8H2,1-3H3. The number of rotatable bonds is 4. The molecule has 1 aromatic carbocycles. The number of methoxy groups -OCH3 is 1. The monoisotopic (exact) mass is 220 g/mol. The molecule has 16 heavy (non-hydrogen) atoms. The third kappa shape index (κ3) is 3.19. The molecule has 0 saturated carbocycles. The van der Waals surface area contributed by atoms with Gasteiger partial charge in [0.2, 0.25) is 0 Å². The first-order valence-electron chi connectivity index (χ1n) is 5.18. The van der Waals surface area contributed by atoms with Crippen LogP contribution in [0.15, 0.2) is 18.2 Å².